The van der Waals surface area contributed by atoms with Crippen LogP contribution in [-0.4, -0.2) is 24.9 Å². The number of nitrogens with one attached hydrogen (secondary N) is 1. The van der Waals surface area contributed by atoms with Gasteiger partial charge in [-0.05, 0) is 30.3 Å². The Kier molecular flexibility index (Phi) is 3.67. The quantitative estimate of drug-likeness (QED) is 0.794. The summed E-state index contributed by atoms with van der Waals surface area (Å²) < 4.78 is 34.4. The van der Waals surface area contributed by atoms with Crippen molar-refractivity contribution in [2.45, 2.75) is 4.90 Å². The number of benzene rings is 1. The summed E-state index contributed by atoms with van der Waals surface area (Å²) in [5.41, 5.74) is 1.14. The van der Waals surface area contributed by atoms with Crippen LogP contribution in [-0.2, 0) is 10.0 Å². The van der Waals surface area contributed by atoms with Crippen LogP contribution in [0.15, 0.2) is 53.8 Å². The number of rotatable bonds is 4. The van der Waals surface area contributed by atoms with Crippen molar-refractivity contribution in [2.24, 2.45) is 0 Å². The summed E-state index contributed by atoms with van der Waals surface area (Å²) in [7, 11) is -2.42. The van der Waals surface area contributed by atoms with Gasteiger partial charge in [0.05, 0.1) is 12.8 Å². The van der Waals surface area contributed by atoms with E-state index >= 15 is 0 Å². The van der Waals surface area contributed by atoms with Crippen LogP contribution in [0.2, 0.25) is 5.02 Å². The maximum Gasteiger partial charge on any atom is 0.265 e. The van der Waals surface area contributed by atoms with E-state index in [0.717, 1.165) is 5.65 Å². The van der Waals surface area contributed by atoms with Crippen molar-refractivity contribution >= 4 is 33.0 Å². The highest BCUT2D eigenvalue weighted by atomic mass is 35.5. The summed E-state index contributed by atoms with van der Waals surface area (Å²) in [5, 5.41) is 0.311. The number of anilines is 1. The van der Waals surface area contributed by atoms with Gasteiger partial charge in [0.2, 0.25) is 0 Å². The van der Waals surface area contributed by atoms with Crippen LogP contribution in [0.1, 0.15) is 0 Å². The molecule has 0 atom stereocenters. The number of halogens is 1. The van der Waals surface area contributed by atoms with Crippen LogP contribution in [0.3, 0.4) is 0 Å². The third-order valence-corrected chi connectivity index (χ3v) is 4.69. The summed E-state index contributed by atoms with van der Waals surface area (Å²) in [6.07, 6.45) is 5.00. The fraction of sp³-hybridized carbons (Fsp3) is 0.0714. The van der Waals surface area contributed by atoms with Gasteiger partial charge in [-0.15, -0.1) is 0 Å². The van der Waals surface area contributed by atoms with Crippen molar-refractivity contribution in [3.8, 4) is 5.75 Å². The number of hydrogen-bond donors (Lipinski definition) is 1. The van der Waals surface area contributed by atoms with Crippen molar-refractivity contribution in [3.63, 3.8) is 0 Å². The number of sulfonamides is 1. The zero-order valence-corrected chi connectivity index (χ0v) is 13.1. The number of aromatic nitrogens is 2. The van der Waals surface area contributed by atoms with E-state index in [1.807, 2.05) is 0 Å². The monoisotopic (exact) mass is 337 g/mol. The molecule has 0 saturated heterocycles. The Morgan fingerprint density at radius 1 is 1.27 bits per heavy atom. The van der Waals surface area contributed by atoms with Crippen LogP contribution in [0, 0.1) is 0 Å². The molecule has 3 aromatic rings. The van der Waals surface area contributed by atoms with E-state index in [9.17, 15) is 8.42 Å². The van der Waals surface area contributed by atoms with Gasteiger partial charge in [-0.3, -0.25) is 4.72 Å². The number of imidazole rings is 1. The minimum Gasteiger partial charge on any atom is -0.495 e. The average molecular weight is 338 g/mol. The van der Waals surface area contributed by atoms with Crippen molar-refractivity contribution in [2.75, 3.05) is 11.8 Å². The molecule has 0 amide bonds. The van der Waals surface area contributed by atoms with E-state index in [4.69, 9.17) is 16.3 Å². The Morgan fingerprint density at radius 3 is 2.86 bits per heavy atom. The summed E-state index contributed by atoms with van der Waals surface area (Å²) >= 11 is 5.89. The first-order valence-electron chi connectivity index (χ1n) is 6.29. The zero-order chi connectivity index (χ0) is 15.7. The van der Waals surface area contributed by atoms with Gasteiger partial charge < -0.3 is 9.14 Å². The number of fused-ring (bicyclic) bond motifs is 1. The fourth-order valence-electron chi connectivity index (χ4n) is 2.05. The predicted octanol–water partition coefficient (Wildman–Crippen LogP) is 2.80. The molecular weight excluding hydrogens is 326 g/mol. The Labute approximate surface area is 132 Å². The lowest BCUT2D eigenvalue weighted by Crippen LogP contribution is -2.14. The van der Waals surface area contributed by atoms with Gasteiger partial charge in [0.1, 0.15) is 16.3 Å². The molecule has 8 heteroatoms. The highest BCUT2D eigenvalue weighted by Gasteiger charge is 2.20. The first-order valence-corrected chi connectivity index (χ1v) is 8.15. The van der Waals surface area contributed by atoms with Gasteiger partial charge in [0.15, 0.2) is 0 Å². The molecular formula is C14H12ClN3O3S. The van der Waals surface area contributed by atoms with Gasteiger partial charge >= 0.3 is 0 Å². The maximum absolute atomic E-state index is 12.5. The molecule has 22 heavy (non-hydrogen) atoms. The van der Waals surface area contributed by atoms with E-state index in [1.54, 1.807) is 41.2 Å². The highest BCUT2D eigenvalue weighted by Crippen LogP contribution is 2.28. The number of ether oxygens (including phenoxy) is 1. The second-order valence-electron chi connectivity index (χ2n) is 4.51. The average Bonchev–Trinajstić information content (AvgIpc) is 2.94. The lowest BCUT2D eigenvalue weighted by atomic mass is 10.3. The normalized spacial score (nSPS) is 11.5. The topological polar surface area (TPSA) is 72.7 Å². The van der Waals surface area contributed by atoms with Crippen LogP contribution in [0.4, 0.5) is 5.69 Å². The molecule has 6 nitrogen and oxygen atoms in total. The number of methoxy groups -OCH3 is 1. The Bertz CT molecular complexity index is 937. The molecule has 1 N–H and O–H groups in total. The molecule has 0 unspecified atom stereocenters. The molecule has 3 rings (SSSR count). The molecule has 0 fully saturated rings. The third-order valence-electron chi connectivity index (χ3n) is 3.06. The largest absolute Gasteiger partial charge is 0.495 e. The molecule has 0 bridgehead atoms. The summed E-state index contributed by atoms with van der Waals surface area (Å²) in [6, 6.07) is 7.77. The van der Waals surface area contributed by atoms with Gasteiger partial charge in [-0.25, -0.2) is 13.4 Å². The summed E-state index contributed by atoms with van der Waals surface area (Å²) in [6.45, 7) is 0. The standard InChI is InChI=1S/C14H12ClN3O3S/c1-21-12-4-2-10(15)8-13(12)22(19,20)17-11-3-5-14-16-6-7-18(14)9-11/h2-9,17H,1H3. The molecule has 0 saturated carbocycles. The molecule has 114 valence electrons. The lowest BCUT2D eigenvalue weighted by molar-refractivity contribution is 0.403. The molecule has 0 aliphatic heterocycles. The van der Waals surface area contributed by atoms with Gasteiger partial charge in [-0.1, -0.05) is 11.6 Å². The second-order valence-corrected chi connectivity index (χ2v) is 6.60. The van der Waals surface area contributed by atoms with Crippen molar-refractivity contribution in [1.82, 2.24) is 9.38 Å². The summed E-state index contributed by atoms with van der Waals surface area (Å²) in [5.74, 6) is 0.223. The van der Waals surface area contributed by atoms with E-state index in [0.29, 0.717) is 10.7 Å². The van der Waals surface area contributed by atoms with E-state index in [1.165, 1.54) is 19.2 Å². The molecule has 0 aliphatic carbocycles. The smallest absolute Gasteiger partial charge is 0.265 e. The van der Waals surface area contributed by atoms with Gasteiger partial charge in [-0.2, -0.15) is 0 Å². The van der Waals surface area contributed by atoms with E-state index in [-0.39, 0.29) is 10.6 Å². The molecule has 0 radical (unpaired) electrons. The minimum atomic E-state index is -3.82. The zero-order valence-electron chi connectivity index (χ0n) is 11.5. The van der Waals surface area contributed by atoms with Crippen molar-refractivity contribution in [1.29, 1.82) is 0 Å². The minimum absolute atomic E-state index is 0.0202. The Hall–Kier alpha value is -2.25. The lowest BCUT2D eigenvalue weighted by Gasteiger charge is -2.12. The molecule has 2 aromatic heterocycles. The van der Waals surface area contributed by atoms with Crippen molar-refractivity contribution < 1.29 is 13.2 Å². The first kappa shape index (κ1) is 14.7. The van der Waals surface area contributed by atoms with Gasteiger partial charge in [0, 0.05) is 23.6 Å². The van der Waals surface area contributed by atoms with Crippen molar-refractivity contribution in [3.05, 3.63) is 53.9 Å². The van der Waals surface area contributed by atoms with Crippen LogP contribution in [0.25, 0.3) is 5.65 Å². The molecule has 1 aromatic carbocycles. The maximum atomic E-state index is 12.5. The highest BCUT2D eigenvalue weighted by molar-refractivity contribution is 7.92. The third kappa shape index (κ3) is 2.72. The first-order chi connectivity index (χ1) is 10.5. The number of pyridine rings is 1. The molecule has 0 spiro atoms. The summed E-state index contributed by atoms with van der Waals surface area (Å²) in [4.78, 5) is 4.08. The Balaban J connectivity index is 2.01. The van der Waals surface area contributed by atoms with E-state index in [2.05, 4.69) is 9.71 Å². The fourth-order valence-corrected chi connectivity index (χ4v) is 3.53. The number of hydrogen-bond acceptors (Lipinski definition) is 4. The SMILES string of the molecule is COc1ccc(Cl)cc1S(=O)(=O)Nc1ccc2nccn2c1. The van der Waals surface area contributed by atoms with Crippen LogP contribution in [0.5, 0.6) is 5.75 Å². The number of nitrogens with zero attached hydrogens (tertiary/aromatic N) is 2. The molecule has 2 heterocycles. The Morgan fingerprint density at radius 2 is 2.09 bits per heavy atom. The van der Waals surface area contributed by atoms with E-state index < -0.39 is 10.0 Å². The van der Waals surface area contributed by atoms with Gasteiger partial charge in [0.25, 0.3) is 10.0 Å². The predicted molar refractivity (Wildman–Crippen MR) is 84.0 cm³/mol. The van der Waals surface area contributed by atoms with Crippen LogP contribution >= 0.6 is 11.6 Å². The molecule has 0 aliphatic rings. The second kappa shape index (κ2) is 5.51. The van der Waals surface area contributed by atoms with Crippen LogP contribution < -0.4 is 9.46 Å².